The summed E-state index contributed by atoms with van der Waals surface area (Å²) in [7, 11) is 0. The van der Waals surface area contributed by atoms with E-state index in [9.17, 15) is 0 Å². The van der Waals surface area contributed by atoms with E-state index in [1.54, 1.807) is 11.3 Å². The van der Waals surface area contributed by atoms with Crippen LogP contribution in [0.2, 0.25) is 0 Å². The number of hydrogen-bond acceptors (Lipinski definition) is 4. The lowest BCUT2D eigenvalue weighted by molar-refractivity contribution is 0.393. The molecule has 0 aromatic carbocycles. The minimum atomic E-state index is 0.709. The number of nitrogens with one attached hydrogen (secondary N) is 2. The summed E-state index contributed by atoms with van der Waals surface area (Å²) < 4.78 is 0. The number of rotatable bonds is 4. The van der Waals surface area contributed by atoms with Crippen LogP contribution in [0.4, 0.5) is 0 Å². The molecule has 1 saturated carbocycles. The minimum absolute atomic E-state index is 0.709. The van der Waals surface area contributed by atoms with Crippen molar-refractivity contribution in [3.8, 4) is 0 Å². The van der Waals surface area contributed by atoms with E-state index in [1.807, 2.05) is 11.7 Å². The van der Waals surface area contributed by atoms with Gasteiger partial charge in [0.25, 0.3) is 0 Å². The molecule has 1 aromatic rings. The van der Waals surface area contributed by atoms with Crippen molar-refractivity contribution in [1.29, 1.82) is 0 Å². The summed E-state index contributed by atoms with van der Waals surface area (Å²) in [6.07, 6.45) is 6.29. The molecule has 2 fully saturated rings. The molecular formula is C12H19N3S. The number of hydrogen-bond donors (Lipinski definition) is 2. The Bertz CT molecular complexity index is 325. The zero-order valence-corrected chi connectivity index (χ0v) is 10.3. The Morgan fingerprint density at radius 3 is 3.38 bits per heavy atom. The van der Waals surface area contributed by atoms with Gasteiger partial charge >= 0.3 is 0 Å². The Morgan fingerprint density at radius 1 is 1.50 bits per heavy atom. The van der Waals surface area contributed by atoms with E-state index in [-0.39, 0.29) is 0 Å². The quantitative estimate of drug-likeness (QED) is 0.835. The van der Waals surface area contributed by atoms with Gasteiger partial charge in [-0.15, -0.1) is 11.3 Å². The van der Waals surface area contributed by atoms with Crippen molar-refractivity contribution in [2.24, 2.45) is 11.8 Å². The first-order valence-electron chi connectivity index (χ1n) is 6.25. The van der Waals surface area contributed by atoms with Crippen LogP contribution in [-0.4, -0.2) is 24.1 Å². The molecule has 0 spiro atoms. The van der Waals surface area contributed by atoms with Crippen LogP contribution in [0.3, 0.4) is 0 Å². The second-order valence-corrected chi connectivity index (χ2v) is 5.94. The second kappa shape index (κ2) is 4.82. The average molecular weight is 237 g/mol. The molecule has 3 nitrogen and oxygen atoms in total. The summed E-state index contributed by atoms with van der Waals surface area (Å²) in [6, 6.07) is 0.709. The molecule has 1 aliphatic carbocycles. The normalized spacial score (nSPS) is 33.1. The maximum Gasteiger partial charge on any atom is 0.0794 e. The molecule has 88 valence electrons. The lowest BCUT2D eigenvalue weighted by atomic mass is 9.94. The lowest BCUT2D eigenvalue weighted by Gasteiger charge is -2.18. The Labute approximate surface area is 101 Å². The van der Waals surface area contributed by atoms with Gasteiger partial charge in [0.05, 0.1) is 5.51 Å². The highest BCUT2D eigenvalue weighted by molar-refractivity contribution is 7.09. The highest BCUT2D eigenvalue weighted by atomic mass is 32.1. The summed E-state index contributed by atoms with van der Waals surface area (Å²) in [5.41, 5.74) is 1.90. The van der Waals surface area contributed by atoms with Gasteiger partial charge in [-0.2, -0.15) is 0 Å². The van der Waals surface area contributed by atoms with Crippen molar-refractivity contribution < 1.29 is 0 Å². The molecule has 4 heteroatoms. The van der Waals surface area contributed by atoms with Crippen molar-refractivity contribution in [3.05, 3.63) is 16.6 Å². The third kappa shape index (κ3) is 2.14. The largest absolute Gasteiger partial charge is 0.312 e. The van der Waals surface area contributed by atoms with Gasteiger partial charge in [0, 0.05) is 30.2 Å². The van der Waals surface area contributed by atoms with Crippen LogP contribution in [0.1, 0.15) is 24.1 Å². The summed E-state index contributed by atoms with van der Waals surface area (Å²) in [5.74, 6) is 1.91. The van der Waals surface area contributed by atoms with Crippen LogP contribution in [0.5, 0.6) is 0 Å². The Hall–Kier alpha value is -0.450. The van der Waals surface area contributed by atoms with Gasteiger partial charge in [0.2, 0.25) is 0 Å². The van der Waals surface area contributed by atoms with Gasteiger partial charge in [-0.1, -0.05) is 6.42 Å². The van der Waals surface area contributed by atoms with Crippen molar-refractivity contribution in [3.63, 3.8) is 0 Å². The molecule has 0 amide bonds. The van der Waals surface area contributed by atoms with E-state index in [2.05, 4.69) is 15.6 Å². The molecule has 3 rings (SSSR count). The standard InChI is InChI=1S/C12H19N3S/c1-2-9-4-15-12(11(9)3-1)7-13-5-10-6-14-8-16-10/h6,8-9,11-13,15H,1-5,7H2. The summed E-state index contributed by atoms with van der Waals surface area (Å²) >= 11 is 1.73. The minimum Gasteiger partial charge on any atom is -0.312 e. The number of thiazole rings is 1. The van der Waals surface area contributed by atoms with Crippen LogP contribution < -0.4 is 10.6 Å². The number of nitrogens with zero attached hydrogens (tertiary/aromatic N) is 1. The SMILES string of the molecule is c1ncc(CNCC2NCC3CCCC32)s1. The summed E-state index contributed by atoms with van der Waals surface area (Å²) in [6.45, 7) is 3.33. The van der Waals surface area contributed by atoms with Crippen LogP contribution in [0.15, 0.2) is 11.7 Å². The Morgan fingerprint density at radius 2 is 2.50 bits per heavy atom. The van der Waals surface area contributed by atoms with Crippen LogP contribution in [0.25, 0.3) is 0 Å². The molecule has 0 bridgehead atoms. The van der Waals surface area contributed by atoms with Gasteiger partial charge < -0.3 is 10.6 Å². The fourth-order valence-corrected chi connectivity index (χ4v) is 3.77. The van der Waals surface area contributed by atoms with Crippen molar-refractivity contribution >= 4 is 11.3 Å². The topological polar surface area (TPSA) is 37.0 Å². The first kappa shape index (κ1) is 10.7. The first-order chi connectivity index (χ1) is 7.93. The van der Waals surface area contributed by atoms with Gasteiger partial charge in [-0.3, -0.25) is 4.98 Å². The summed E-state index contributed by atoms with van der Waals surface area (Å²) in [4.78, 5) is 5.42. The van der Waals surface area contributed by atoms with E-state index >= 15 is 0 Å². The Balaban J connectivity index is 1.45. The lowest BCUT2D eigenvalue weighted by Crippen LogP contribution is -2.37. The van der Waals surface area contributed by atoms with Crippen molar-refractivity contribution in [2.45, 2.75) is 31.8 Å². The van der Waals surface area contributed by atoms with Crippen molar-refractivity contribution in [2.75, 3.05) is 13.1 Å². The molecule has 16 heavy (non-hydrogen) atoms. The highest BCUT2D eigenvalue weighted by Crippen LogP contribution is 2.37. The molecule has 3 unspecified atom stereocenters. The molecule has 1 saturated heterocycles. The van der Waals surface area contributed by atoms with Crippen molar-refractivity contribution in [1.82, 2.24) is 15.6 Å². The molecule has 3 atom stereocenters. The van der Waals surface area contributed by atoms with Crippen LogP contribution in [0, 0.1) is 11.8 Å². The predicted octanol–water partition coefficient (Wildman–Crippen LogP) is 1.62. The van der Waals surface area contributed by atoms with Crippen LogP contribution >= 0.6 is 11.3 Å². The fourth-order valence-electron chi connectivity index (χ4n) is 3.21. The van der Waals surface area contributed by atoms with Crippen LogP contribution in [-0.2, 0) is 6.54 Å². The average Bonchev–Trinajstić information content (AvgIpc) is 2.95. The fraction of sp³-hybridized carbons (Fsp3) is 0.750. The maximum atomic E-state index is 4.09. The zero-order chi connectivity index (χ0) is 10.8. The van der Waals surface area contributed by atoms with Gasteiger partial charge in [-0.25, -0.2) is 0 Å². The predicted molar refractivity (Wildman–Crippen MR) is 66.4 cm³/mol. The molecule has 2 aliphatic rings. The molecule has 0 radical (unpaired) electrons. The van der Waals surface area contributed by atoms with Gasteiger partial charge in [0.15, 0.2) is 0 Å². The monoisotopic (exact) mass is 237 g/mol. The van der Waals surface area contributed by atoms with E-state index in [0.717, 1.165) is 24.9 Å². The molecule has 1 aliphatic heterocycles. The third-order valence-corrected chi connectivity index (χ3v) is 4.80. The molecule has 2 heterocycles. The molecule has 1 aromatic heterocycles. The number of aromatic nitrogens is 1. The van der Waals surface area contributed by atoms with Gasteiger partial charge in [0.1, 0.15) is 0 Å². The smallest absolute Gasteiger partial charge is 0.0794 e. The van der Waals surface area contributed by atoms with E-state index < -0.39 is 0 Å². The summed E-state index contributed by atoms with van der Waals surface area (Å²) in [5, 5.41) is 7.21. The molecule has 2 N–H and O–H groups in total. The van der Waals surface area contributed by atoms with E-state index in [4.69, 9.17) is 0 Å². The molecular weight excluding hydrogens is 218 g/mol. The zero-order valence-electron chi connectivity index (χ0n) is 9.48. The van der Waals surface area contributed by atoms with E-state index in [0.29, 0.717) is 6.04 Å². The highest BCUT2D eigenvalue weighted by Gasteiger charge is 2.38. The van der Waals surface area contributed by atoms with Gasteiger partial charge in [-0.05, 0) is 31.2 Å². The second-order valence-electron chi connectivity index (χ2n) is 4.97. The third-order valence-electron chi connectivity index (χ3n) is 4.02. The Kier molecular flexibility index (Phi) is 3.22. The first-order valence-corrected chi connectivity index (χ1v) is 7.13. The number of fused-ring (bicyclic) bond motifs is 1. The maximum absolute atomic E-state index is 4.09. The van der Waals surface area contributed by atoms with E-state index in [1.165, 1.54) is 30.7 Å².